The predicted octanol–water partition coefficient (Wildman–Crippen LogP) is 5.32. The number of esters is 1. The van der Waals surface area contributed by atoms with Crippen LogP contribution in [0.4, 0.5) is 0 Å². The molecule has 1 aromatic carbocycles. The summed E-state index contributed by atoms with van der Waals surface area (Å²) >= 11 is 5.91. The van der Waals surface area contributed by atoms with Crippen molar-refractivity contribution in [1.82, 2.24) is 0 Å². The number of carbonyl (C=O) groups is 1. The van der Waals surface area contributed by atoms with Crippen molar-refractivity contribution in [2.75, 3.05) is 0 Å². The third-order valence-electron chi connectivity index (χ3n) is 3.55. The van der Waals surface area contributed by atoms with Gasteiger partial charge in [-0.3, -0.25) is 0 Å². The van der Waals surface area contributed by atoms with Gasteiger partial charge in [0.15, 0.2) is 6.10 Å². The zero-order valence-electron chi connectivity index (χ0n) is 14.0. The van der Waals surface area contributed by atoms with Crippen LogP contribution >= 0.6 is 11.6 Å². The van der Waals surface area contributed by atoms with E-state index in [0.29, 0.717) is 10.8 Å². The monoisotopic (exact) mass is 326 g/mol. The third kappa shape index (κ3) is 6.69. The fourth-order valence-corrected chi connectivity index (χ4v) is 2.42. The van der Waals surface area contributed by atoms with Gasteiger partial charge in [-0.2, -0.15) is 0 Å². The fraction of sp³-hybridized carbons (Fsp3) is 0.611. The first-order valence-electron chi connectivity index (χ1n) is 8.07. The average molecular weight is 327 g/mol. The van der Waals surface area contributed by atoms with Crippen LogP contribution in [0.5, 0.6) is 5.75 Å². The molecule has 0 unspecified atom stereocenters. The van der Waals surface area contributed by atoms with E-state index >= 15 is 0 Å². The van der Waals surface area contributed by atoms with Gasteiger partial charge in [0, 0.05) is 5.02 Å². The van der Waals surface area contributed by atoms with Gasteiger partial charge in [0.25, 0.3) is 0 Å². The normalized spacial score (nSPS) is 13.5. The molecule has 0 amide bonds. The molecular weight excluding hydrogens is 300 g/mol. The summed E-state index contributed by atoms with van der Waals surface area (Å²) in [5.41, 5.74) is 0.903. The highest BCUT2D eigenvalue weighted by molar-refractivity contribution is 6.30. The molecule has 3 nitrogen and oxygen atoms in total. The Morgan fingerprint density at radius 1 is 1.23 bits per heavy atom. The lowest BCUT2D eigenvalue weighted by Gasteiger charge is -2.19. The Balaban J connectivity index is 2.41. The van der Waals surface area contributed by atoms with Crippen molar-refractivity contribution in [3.05, 3.63) is 28.8 Å². The van der Waals surface area contributed by atoms with Crippen molar-refractivity contribution >= 4 is 17.6 Å². The number of ether oxygens (including phenoxy) is 2. The van der Waals surface area contributed by atoms with Crippen LogP contribution in [0.1, 0.15) is 58.4 Å². The molecule has 124 valence electrons. The number of carbonyl (C=O) groups excluding carboxylic acids is 1. The van der Waals surface area contributed by atoms with E-state index in [0.717, 1.165) is 18.4 Å². The van der Waals surface area contributed by atoms with Gasteiger partial charge in [0.05, 0.1) is 6.10 Å². The molecule has 0 aliphatic heterocycles. The number of aryl methyl sites for hydroxylation is 1. The maximum Gasteiger partial charge on any atom is 0.347 e. The number of benzene rings is 1. The minimum absolute atomic E-state index is 0.0679. The van der Waals surface area contributed by atoms with Crippen molar-refractivity contribution in [3.8, 4) is 5.75 Å². The number of hydrogen-bond donors (Lipinski definition) is 0. The lowest BCUT2D eigenvalue weighted by molar-refractivity contribution is -0.156. The van der Waals surface area contributed by atoms with Crippen LogP contribution in [0.15, 0.2) is 18.2 Å². The Labute approximate surface area is 139 Å². The molecule has 0 fully saturated rings. The van der Waals surface area contributed by atoms with Crippen LogP contribution in [-0.2, 0) is 9.53 Å². The molecule has 0 saturated heterocycles. The largest absolute Gasteiger partial charge is 0.479 e. The highest BCUT2D eigenvalue weighted by Crippen LogP contribution is 2.23. The smallest absolute Gasteiger partial charge is 0.347 e. The van der Waals surface area contributed by atoms with Crippen molar-refractivity contribution in [3.63, 3.8) is 0 Å². The summed E-state index contributed by atoms with van der Waals surface area (Å²) in [6.07, 6.45) is 4.93. The second-order valence-electron chi connectivity index (χ2n) is 5.77. The molecule has 0 heterocycles. The second-order valence-corrected chi connectivity index (χ2v) is 6.20. The van der Waals surface area contributed by atoms with Gasteiger partial charge in [0.2, 0.25) is 0 Å². The Hall–Kier alpha value is -1.22. The standard InChI is InChI=1S/C18H27ClO3/c1-5-6-7-8-9-14(3)21-18(20)15(4)22-17-11-10-16(19)12-13(17)2/h10-12,14-15H,5-9H2,1-4H3/t14-,15+/m0/s1. The van der Waals surface area contributed by atoms with Crippen LogP contribution < -0.4 is 4.74 Å². The van der Waals surface area contributed by atoms with Crippen LogP contribution in [0.3, 0.4) is 0 Å². The number of rotatable bonds is 9. The van der Waals surface area contributed by atoms with Gasteiger partial charge in [-0.1, -0.05) is 37.8 Å². The van der Waals surface area contributed by atoms with E-state index < -0.39 is 6.10 Å². The van der Waals surface area contributed by atoms with Gasteiger partial charge >= 0.3 is 5.97 Å². The molecule has 22 heavy (non-hydrogen) atoms. The molecule has 2 atom stereocenters. The highest BCUT2D eigenvalue weighted by atomic mass is 35.5. The molecule has 0 saturated carbocycles. The van der Waals surface area contributed by atoms with Crippen molar-refractivity contribution < 1.29 is 14.3 Å². The van der Waals surface area contributed by atoms with Gasteiger partial charge in [-0.05, 0) is 57.4 Å². The van der Waals surface area contributed by atoms with Crippen molar-refractivity contribution in [1.29, 1.82) is 0 Å². The number of halogens is 1. The molecule has 0 bridgehead atoms. The maximum atomic E-state index is 12.1. The Bertz CT molecular complexity index is 473. The first kappa shape index (κ1) is 18.8. The lowest BCUT2D eigenvalue weighted by Crippen LogP contribution is -2.29. The van der Waals surface area contributed by atoms with E-state index in [1.165, 1.54) is 19.3 Å². The second kappa shape index (κ2) is 9.73. The molecule has 0 aliphatic carbocycles. The maximum absolute atomic E-state index is 12.1. The number of unbranched alkanes of at least 4 members (excludes halogenated alkanes) is 3. The Morgan fingerprint density at radius 3 is 2.59 bits per heavy atom. The molecule has 0 aliphatic rings. The molecule has 0 radical (unpaired) electrons. The quantitative estimate of drug-likeness (QED) is 0.455. The van der Waals surface area contributed by atoms with Gasteiger partial charge < -0.3 is 9.47 Å². The van der Waals surface area contributed by atoms with Crippen molar-refractivity contribution in [2.24, 2.45) is 0 Å². The first-order valence-corrected chi connectivity index (χ1v) is 8.45. The van der Waals surface area contributed by atoms with Gasteiger partial charge in [-0.25, -0.2) is 4.79 Å². The molecular formula is C18H27ClO3. The molecule has 4 heteroatoms. The zero-order chi connectivity index (χ0) is 16.5. The molecule has 0 N–H and O–H groups in total. The first-order chi connectivity index (χ1) is 10.4. The fourth-order valence-electron chi connectivity index (χ4n) is 2.20. The van der Waals surface area contributed by atoms with E-state index in [2.05, 4.69) is 6.92 Å². The minimum atomic E-state index is -0.627. The van der Waals surface area contributed by atoms with E-state index in [4.69, 9.17) is 21.1 Å². The van der Waals surface area contributed by atoms with Crippen LogP contribution in [0.2, 0.25) is 5.02 Å². The number of hydrogen-bond acceptors (Lipinski definition) is 3. The van der Waals surface area contributed by atoms with Crippen molar-refractivity contribution in [2.45, 2.75) is 72.0 Å². The van der Waals surface area contributed by atoms with Gasteiger partial charge in [0.1, 0.15) is 5.75 Å². The van der Waals surface area contributed by atoms with E-state index in [-0.39, 0.29) is 12.1 Å². The van der Waals surface area contributed by atoms with E-state index in [1.54, 1.807) is 19.1 Å². The minimum Gasteiger partial charge on any atom is -0.479 e. The van der Waals surface area contributed by atoms with Gasteiger partial charge in [-0.15, -0.1) is 0 Å². The summed E-state index contributed by atoms with van der Waals surface area (Å²) in [7, 11) is 0. The third-order valence-corrected chi connectivity index (χ3v) is 3.79. The summed E-state index contributed by atoms with van der Waals surface area (Å²) < 4.78 is 11.1. The Kier molecular flexibility index (Phi) is 8.32. The SMILES string of the molecule is CCCCCC[C@H](C)OC(=O)[C@@H](C)Oc1ccc(Cl)cc1C. The molecule has 1 rings (SSSR count). The average Bonchev–Trinajstić information content (AvgIpc) is 2.46. The van der Waals surface area contributed by atoms with E-state index in [1.807, 2.05) is 19.9 Å². The molecule has 1 aromatic rings. The van der Waals surface area contributed by atoms with Crippen LogP contribution in [-0.4, -0.2) is 18.2 Å². The lowest BCUT2D eigenvalue weighted by atomic mass is 10.1. The van der Waals surface area contributed by atoms with Crippen LogP contribution in [0.25, 0.3) is 0 Å². The zero-order valence-corrected chi connectivity index (χ0v) is 14.8. The molecule has 0 spiro atoms. The summed E-state index contributed by atoms with van der Waals surface area (Å²) in [5, 5.41) is 0.654. The van der Waals surface area contributed by atoms with E-state index in [9.17, 15) is 4.79 Å². The predicted molar refractivity (Wildman–Crippen MR) is 90.6 cm³/mol. The topological polar surface area (TPSA) is 35.5 Å². The van der Waals surface area contributed by atoms with Crippen LogP contribution in [0, 0.1) is 6.92 Å². The summed E-state index contributed by atoms with van der Waals surface area (Å²) in [6, 6.07) is 5.33. The summed E-state index contributed by atoms with van der Waals surface area (Å²) in [4.78, 5) is 12.1. The Morgan fingerprint density at radius 2 is 1.95 bits per heavy atom. The summed E-state index contributed by atoms with van der Waals surface area (Å²) in [5.74, 6) is 0.335. The summed E-state index contributed by atoms with van der Waals surface area (Å²) in [6.45, 7) is 7.72. The molecule has 0 aromatic heterocycles. The highest BCUT2D eigenvalue weighted by Gasteiger charge is 2.19.